The van der Waals surface area contributed by atoms with Crippen LogP contribution in [-0.2, 0) is 4.74 Å². The largest absolute Gasteiger partial charge is 0.379 e. The Balaban J connectivity index is 0.000000226. The molecule has 1 heterocycles. The first-order valence-corrected chi connectivity index (χ1v) is 5.20. The van der Waals surface area contributed by atoms with Crippen LogP contribution in [0.5, 0.6) is 0 Å². The van der Waals surface area contributed by atoms with Crippen molar-refractivity contribution >= 4 is 0 Å². The van der Waals surface area contributed by atoms with E-state index in [1.807, 2.05) is 0 Å². The zero-order valence-corrected chi connectivity index (χ0v) is 9.47. The molecular weight excluding hydrogens is 164 g/mol. The Kier molecular flexibility index (Phi) is 8.40. The van der Waals surface area contributed by atoms with Gasteiger partial charge in [0.2, 0.25) is 0 Å². The lowest BCUT2D eigenvalue weighted by molar-refractivity contribution is 0.0824. The predicted molar refractivity (Wildman–Crippen MR) is 57.1 cm³/mol. The number of rotatable bonds is 2. The van der Waals surface area contributed by atoms with Gasteiger partial charge in [0.25, 0.3) is 0 Å². The fourth-order valence-corrected chi connectivity index (χ4v) is 0.920. The summed E-state index contributed by atoms with van der Waals surface area (Å²) < 4.78 is 5.12. The third-order valence-electron chi connectivity index (χ3n) is 2.19. The van der Waals surface area contributed by atoms with E-state index in [1.165, 1.54) is 0 Å². The number of hydrogen-bond acceptors (Lipinski definition) is 3. The van der Waals surface area contributed by atoms with Crippen LogP contribution < -0.4 is 5.32 Å². The molecule has 13 heavy (non-hydrogen) atoms. The Morgan fingerprint density at radius 2 is 2.00 bits per heavy atom. The van der Waals surface area contributed by atoms with Gasteiger partial charge in [0, 0.05) is 12.6 Å². The quantitative estimate of drug-likeness (QED) is 0.698. The van der Waals surface area contributed by atoms with E-state index in [9.17, 15) is 0 Å². The Hall–Kier alpha value is -0.120. The summed E-state index contributed by atoms with van der Waals surface area (Å²) >= 11 is 0. The third kappa shape index (κ3) is 8.22. The second kappa shape index (κ2) is 8.48. The zero-order valence-electron chi connectivity index (χ0n) is 9.47. The van der Waals surface area contributed by atoms with Gasteiger partial charge in [0.05, 0.1) is 13.2 Å². The van der Waals surface area contributed by atoms with E-state index < -0.39 is 0 Å². The molecule has 1 fully saturated rings. The first-order valence-electron chi connectivity index (χ1n) is 5.20. The van der Waals surface area contributed by atoms with Gasteiger partial charge in [-0.1, -0.05) is 13.8 Å². The molecule has 1 aliphatic heterocycles. The molecule has 1 unspecified atom stereocenters. The van der Waals surface area contributed by atoms with E-state index in [1.54, 1.807) is 0 Å². The molecule has 1 rings (SSSR count). The van der Waals surface area contributed by atoms with Crippen LogP contribution in [0.2, 0.25) is 0 Å². The fourth-order valence-electron chi connectivity index (χ4n) is 0.920. The second-order valence-corrected chi connectivity index (χ2v) is 3.42. The highest BCUT2D eigenvalue weighted by molar-refractivity contribution is 4.62. The van der Waals surface area contributed by atoms with E-state index in [0.717, 1.165) is 32.8 Å². The average Bonchev–Trinajstić information content (AvgIpc) is 2.19. The third-order valence-corrected chi connectivity index (χ3v) is 2.19. The van der Waals surface area contributed by atoms with Gasteiger partial charge in [-0.25, -0.2) is 0 Å². The first-order chi connectivity index (χ1) is 6.20. The molecule has 3 nitrogen and oxygen atoms in total. The number of nitrogens with zero attached hydrogens (tertiary/aromatic N) is 1. The van der Waals surface area contributed by atoms with Crippen LogP contribution in [0.3, 0.4) is 0 Å². The van der Waals surface area contributed by atoms with Gasteiger partial charge < -0.3 is 15.0 Å². The molecule has 0 amide bonds. The monoisotopic (exact) mass is 188 g/mol. The lowest BCUT2D eigenvalue weighted by Crippen LogP contribution is -2.38. The van der Waals surface area contributed by atoms with Crippen LogP contribution in [0, 0.1) is 0 Å². The first kappa shape index (κ1) is 12.9. The standard InChI is InChI=1S/C5H11NO.C5H13N/c1-5-4-7-3-2-6-5;1-4-6(3)5-2/h5-6H,2-4H2,1H3;4-5H2,1-3H3. The predicted octanol–water partition coefficient (Wildman–Crippen LogP) is 0.953. The molecule has 1 saturated heterocycles. The molecule has 0 aliphatic carbocycles. The van der Waals surface area contributed by atoms with Crippen LogP contribution in [0.25, 0.3) is 0 Å². The summed E-state index contributed by atoms with van der Waals surface area (Å²) in [4.78, 5) is 2.25. The van der Waals surface area contributed by atoms with Gasteiger partial charge in [-0.05, 0) is 27.1 Å². The zero-order chi connectivity index (χ0) is 10.1. The van der Waals surface area contributed by atoms with Gasteiger partial charge in [-0.3, -0.25) is 0 Å². The minimum absolute atomic E-state index is 0.564. The average molecular weight is 188 g/mol. The highest BCUT2D eigenvalue weighted by Gasteiger charge is 2.04. The Labute approximate surface area is 82.4 Å². The number of hydrogen-bond donors (Lipinski definition) is 1. The van der Waals surface area contributed by atoms with Gasteiger partial charge in [0.1, 0.15) is 0 Å². The van der Waals surface area contributed by atoms with E-state index in [4.69, 9.17) is 4.74 Å². The molecule has 0 saturated carbocycles. The summed E-state index contributed by atoms with van der Waals surface area (Å²) in [6.07, 6.45) is 0. The van der Waals surface area contributed by atoms with Crippen LogP contribution in [0.1, 0.15) is 20.8 Å². The smallest absolute Gasteiger partial charge is 0.0617 e. The van der Waals surface area contributed by atoms with Crippen molar-refractivity contribution in [2.75, 3.05) is 39.9 Å². The minimum Gasteiger partial charge on any atom is -0.379 e. The summed E-state index contributed by atoms with van der Waals surface area (Å²) in [5.74, 6) is 0. The lowest BCUT2D eigenvalue weighted by atomic mass is 10.3. The molecular formula is C10H24N2O. The van der Waals surface area contributed by atoms with Crippen molar-refractivity contribution in [3.63, 3.8) is 0 Å². The van der Waals surface area contributed by atoms with E-state index in [-0.39, 0.29) is 0 Å². The lowest BCUT2D eigenvalue weighted by Gasteiger charge is -2.19. The van der Waals surface area contributed by atoms with E-state index in [0.29, 0.717) is 6.04 Å². The van der Waals surface area contributed by atoms with Gasteiger partial charge in [0.15, 0.2) is 0 Å². The topological polar surface area (TPSA) is 24.5 Å². The molecule has 0 aromatic carbocycles. The SMILES string of the molecule is CC1COCCN1.CCN(C)CC. The molecule has 0 aromatic heterocycles. The summed E-state index contributed by atoms with van der Waals surface area (Å²) in [7, 11) is 2.11. The van der Waals surface area contributed by atoms with Crippen molar-refractivity contribution in [2.24, 2.45) is 0 Å². The molecule has 0 aromatic rings. The molecule has 1 aliphatic rings. The maximum atomic E-state index is 5.12. The second-order valence-electron chi connectivity index (χ2n) is 3.42. The Morgan fingerprint density at radius 1 is 1.38 bits per heavy atom. The molecule has 1 atom stereocenters. The van der Waals surface area contributed by atoms with Crippen LogP contribution in [-0.4, -0.2) is 50.8 Å². The van der Waals surface area contributed by atoms with E-state index in [2.05, 4.69) is 38.0 Å². The van der Waals surface area contributed by atoms with Crippen molar-refractivity contribution in [2.45, 2.75) is 26.8 Å². The van der Waals surface area contributed by atoms with Gasteiger partial charge >= 0.3 is 0 Å². The maximum absolute atomic E-state index is 5.12. The summed E-state index contributed by atoms with van der Waals surface area (Å²) in [5.41, 5.74) is 0. The van der Waals surface area contributed by atoms with Crippen molar-refractivity contribution in [3.8, 4) is 0 Å². The maximum Gasteiger partial charge on any atom is 0.0617 e. The minimum atomic E-state index is 0.564. The molecule has 0 radical (unpaired) electrons. The van der Waals surface area contributed by atoms with Gasteiger partial charge in [-0.15, -0.1) is 0 Å². The van der Waals surface area contributed by atoms with Crippen molar-refractivity contribution in [1.82, 2.24) is 10.2 Å². The van der Waals surface area contributed by atoms with Crippen molar-refractivity contribution in [1.29, 1.82) is 0 Å². The molecule has 1 N–H and O–H groups in total. The Morgan fingerprint density at radius 3 is 2.15 bits per heavy atom. The number of morpholine rings is 1. The van der Waals surface area contributed by atoms with Crippen LogP contribution in [0.15, 0.2) is 0 Å². The summed E-state index contributed by atoms with van der Waals surface area (Å²) in [6, 6.07) is 0.564. The Bertz CT molecular complexity index is 99.1. The fraction of sp³-hybridized carbons (Fsp3) is 1.00. The highest BCUT2D eigenvalue weighted by atomic mass is 16.5. The van der Waals surface area contributed by atoms with Crippen molar-refractivity contribution in [3.05, 3.63) is 0 Å². The molecule has 0 spiro atoms. The number of ether oxygens (including phenoxy) is 1. The van der Waals surface area contributed by atoms with Crippen molar-refractivity contribution < 1.29 is 4.74 Å². The summed E-state index contributed by atoms with van der Waals surface area (Å²) in [6.45, 7) is 11.5. The van der Waals surface area contributed by atoms with Crippen LogP contribution >= 0.6 is 0 Å². The number of nitrogens with one attached hydrogen (secondary N) is 1. The molecule has 0 bridgehead atoms. The highest BCUT2D eigenvalue weighted by Crippen LogP contribution is 1.88. The van der Waals surface area contributed by atoms with E-state index >= 15 is 0 Å². The molecule has 80 valence electrons. The van der Waals surface area contributed by atoms with Gasteiger partial charge in [-0.2, -0.15) is 0 Å². The van der Waals surface area contributed by atoms with Crippen LogP contribution in [0.4, 0.5) is 0 Å². The summed E-state index contributed by atoms with van der Waals surface area (Å²) in [5, 5.41) is 3.26. The normalized spacial score (nSPS) is 22.4. The molecule has 3 heteroatoms.